The van der Waals surface area contributed by atoms with E-state index < -0.39 is 11.7 Å². The van der Waals surface area contributed by atoms with Crippen LogP contribution in [0, 0.1) is 5.82 Å². The molecular formula is C28H30FN3O2. The topological polar surface area (TPSA) is 53.9 Å². The lowest BCUT2D eigenvalue weighted by Gasteiger charge is -2.31. The molecule has 1 heterocycles. The van der Waals surface area contributed by atoms with Gasteiger partial charge in [-0.15, -0.1) is 0 Å². The predicted molar refractivity (Wildman–Crippen MR) is 132 cm³/mol. The van der Waals surface area contributed by atoms with Crippen molar-refractivity contribution in [2.45, 2.75) is 44.9 Å². The van der Waals surface area contributed by atoms with Gasteiger partial charge in [0.05, 0.1) is 6.04 Å². The summed E-state index contributed by atoms with van der Waals surface area (Å²) in [6.45, 7) is 5.95. The number of aliphatic imine (C=N–C) groups is 1. The van der Waals surface area contributed by atoms with Crippen molar-refractivity contribution in [3.05, 3.63) is 107 Å². The molecule has 4 rings (SSSR count). The highest BCUT2D eigenvalue weighted by molar-refractivity contribution is 5.96. The summed E-state index contributed by atoms with van der Waals surface area (Å²) in [5, 5.41) is 3.28. The average Bonchev–Trinajstić information content (AvgIpc) is 3.20. The Morgan fingerprint density at radius 3 is 2.15 bits per heavy atom. The van der Waals surface area contributed by atoms with E-state index in [0.29, 0.717) is 24.5 Å². The summed E-state index contributed by atoms with van der Waals surface area (Å²) >= 11 is 0. The molecule has 34 heavy (non-hydrogen) atoms. The smallest absolute Gasteiger partial charge is 0.417 e. The minimum absolute atomic E-state index is 0.244. The lowest BCUT2D eigenvalue weighted by molar-refractivity contribution is 0.0310. The normalized spacial score (nSPS) is 17.9. The quantitative estimate of drug-likeness (QED) is 0.506. The zero-order valence-electron chi connectivity index (χ0n) is 19.7. The van der Waals surface area contributed by atoms with Crippen molar-refractivity contribution in [1.82, 2.24) is 10.2 Å². The van der Waals surface area contributed by atoms with Crippen LogP contribution in [0.2, 0.25) is 0 Å². The number of carbonyl (C=O) groups is 1. The average molecular weight is 460 g/mol. The molecule has 1 amide bonds. The van der Waals surface area contributed by atoms with E-state index in [9.17, 15) is 9.18 Å². The third-order valence-electron chi connectivity index (χ3n) is 5.57. The molecule has 0 aromatic heterocycles. The number of rotatable bonds is 5. The molecule has 6 heteroatoms. The van der Waals surface area contributed by atoms with E-state index in [0.717, 1.165) is 11.1 Å². The lowest BCUT2D eigenvalue weighted by Crippen LogP contribution is -2.46. The maximum atomic E-state index is 14.1. The second-order valence-corrected chi connectivity index (χ2v) is 9.28. The molecule has 0 bridgehead atoms. The fourth-order valence-electron chi connectivity index (χ4n) is 4.08. The number of halogens is 1. The number of guanidine groups is 1. The molecule has 0 radical (unpaired) electrons. The maximum Gasteiger partial charge on any atom is 0.417 e. The van der Waals surface area contributed by atoms with E-state index in [1.165, 1.54) is 6.07 Å². The van der Waals surface area contributed by atoms with E-state index in [2.05, 4.69) is 5.32 Å². The Kier molecular flexibility index (Phi) is 6.96. The van der Waals surface area contributed by atoms with Gasteiger partial charge in [-0.05, 0) is 49.9 Å². The van der Waals surface area contributed by atoms with Gasteiger partial charge in [-0.25, -0.2) is 19.1 Å². The summed E-state index contributed by atoms with van der Waals surface area (Å²) in [6, 6.07) is 25.8. The number of nitrogens with zero attached hydrogens (tertiary/aromatic N) is 2. The van der Waals surface area contributed by atoms with Gasteiger partial charge in [0.15, 0.2) is 0 Å². The summed E-state index contributed by atoms with van der Waals surface area (Å²) < 4.78 is 19.9. The molecule has 0 aliphatic carbocycles. The monoisotopic (exact) mass is 459 g/mol. The van der Waals surface area contributed by atoms with Crippen molar-refractivity contribution in [2.75, 3.05) is 6.54 Å². The highest BCUT2D eigenvalue weighted by Gasteiger charge is 2.43. The first-order chi connectivity index (χ1) is 16.3. The van der Waals surface area contributed by atoms with Gasteiger partial charge in [-0.1, -0.05) is 78.9 Å². The molecule has 176 valence electrons. The van der Waals surface area contributed by atoms with Gasteiger partial charge in [0, 0.05) is 6.54 Å². The van der Waals surface area contributed by atoms with Crippen LogP contribution in [0.1, 0.15) is 49.5 Å². The number of hydrogen-bond acceptors (Lipinski definition) is 4. The molecule has 5 nitrogen and oxygen atoms in total. The molecule has 0 unspecified atom stereocenters. The SMILES string of the molecule is CC(C)(C)OC(=O)N1C(NCCc2ccccc2F)=N[C@H](c2ccccc2)[C@@H]1c1ccccc1. The number of ether oxygens (including phenoxy) is 1. The largest absolute Gasteiger partial charge is 0.443 e. The van der Waals surface area contributed by atoms with Gasteiger partial charge < -0.3 is 10.1 Å². The van der Waals surface area contributed by atoms with Crippen LogP contribution in [0.15, 0.2) is 89.9 Å². The van der Waals surface area contributed by atoms with Crippen LogP contribution in [0.3, 0.4) is 0 Å². The minimum atomic E-state index is -0.665. The number of amides is 1. The van der Waals surface area contributed by atoms with E-state index in [1.54, 1.807) is 17.0 Å². The fourth-order valence-corrected chi connectivity index (χ4v) is 4.08. The summed E-state index contributed by atoms with van der Waals surface area (Å²) in [5.74, 6) is 0.180. The van der Waals surface area contributed by atoms with Gasteiger partial charge >= 0.3 is 6.09 Å². The molecule has 1 N–H and O–H groups in total. The first-order valence-electron chi connectivity index (χ1n) is 11.5. The van der Waals surface area contributed by atoms with Crippen molar-refractivity contribution in [3.63, 3.8) is 0 Å². The van der Waals surface area contributed by atoms with Gasteiger partial charge in [-0.2, -0.15) is 0 Å². The fraction of sp³-hybridized carbons (Fsp3) is 0.286. The zero-order chi connectivity index (χ0) is 24.1. The number of nitrogens with one attached hydrogen (secondary N) is 1. The minimum Gasteiger partial charge on any atom is -0.443 e. The maximum absolute atomic E-state index is 14.1. The number of carbonyl (C=O) groups excluding carboxylic acids is 1. The van der Waals surface area contributed by atoms with E-state index in [-0.39, 0.29) is 17.9 Å². The molecular weight excluding hydrogens is 429 g/mol. The summed E-state index contributed by atoms with van der Waals surface area (Å²) in [5.41, 5.74) is 1.89. The third kappa shape index (κ3) is 5.45. The first kappa shape index (κ1) is 23.5. The lowest BCUT2D eigenvalue weighted by atomic mass is 9.94. The third-order valence-corrected chi connectivity index (χ3v) is 5.57. The van der Waals surface area contributed by atoms with Crippen LogP contribution in [0.4, 0.5) is 9.18 Å². The summed E-state index contributed by atoms with van der Waals surface area (Å²) in [6.07, 6.45) is -0.0169. The molecule has 2 atom stereocenters. The van der Waals surface area contributed by atoms with Crippen molar-refractivity contribution in [1.29, 1.82) is 0 Å². The Morgan fingerprint density at radius 1 is 0.941 bits per heavy atom. The Hall–Kier alpha value is -3.67. The van der Waals surface area contributed by atoms with E-state index in [1.807, 2.05) is 87.5 Å². The standard InChI is InChI=1S/C28H30FN3O2/c1-28(2,3)34-27(33)32-25(22-15-8-5-9-16-22)24(21-13-6-4-7-14-21)31-26(32)30-19-18-20-12-10-11-17-23(20)29/h4-17,24-25H,18-19H2,1-3H3,(H,30,31)/t24-,25+/m1/s1. The van der Waals surface area contributed by atoms with Crippen LogP contribution in [-0.2, 0) is 11.2 Å². The molecule has 3 aromatic rings. The second kappa shape index (κ2) is 10.1. The zero-order valence-corrected chi connectivity index (χ0v) is 19.7. The van der Waals surface area contributed by atoms with Gasteiger partial charge in [0.1, 0.15) is 17.5 Å². The van der Waals surface area contributed by atoms with E-state index >= 15 is 0 Å². The molecule has 1 aliphatic rings. The highest BCUT2D eigenvalue weighted by atomic mass is 19.1. The summed E-state index contributed by atoms with van der Waals surface area (Å²) in [4.78, 5) is 20.0. The Labute approximate surface area is 200 Å². The Bertz CT molecular complexity index is 1140. The van der Waals surface area contributed by atoms with Gasteiger partial charge in [0.2, 0.25) is 5.96 Å². The van der Waals surface area contributed by atoms with Crippen LogP contribution in [0.25, 0.3) is 0 Å². The van der Waals surface area contributed by atoms with Crippen molar-refractivity contribution in [2.24, 2.45) is 4.99 Å². The van der Waals surface area contributed by atoms with Crippen LogP contribution < -0.4 is 5.32 Å². The molecule has 3 aromatic carbocycles. The van der Waals surface area contributed by atoms with Crippen molar-refractivity contribution >= 4 is 12.1 Å². The van der Waals surface area contributed by atoms with Crippen molar-refractivity contribution < 1.29 is 13.9 Å². The Morgan fingerprint density at radius 2 is 1.53 bits per heavy atom. The molecule has 1 aliphatic heterocycles. The molecule has 0 saturated heterocycles. The van der Waals surface area contributed by atoms with Crippen LogP contribution in [-0.4, -0.2) is 29.1 Å². The highest BCUT2D eigenvalue weighted by Crippen LogP contribution is 2.42. The van der Waals surface area contributed by atoms with Crippen LogP contribution >= 0.6 is 0 Å². The molecule has 0 spiro atoms. The van der Waals surface area contributed by atoms with Crippen LogP contribution in [0.5, 0.6) is 0 Å². The van der Waals surface area contributed by atoms with Gasteiger partial charge in [0.25, 0.3) is 0 Å². The first-order valence-corrected chi connectivity index (χ1v) is 11.5. The summed E-state index contributed by atoms with van der Waals surface area (Å²) in [7, 11) is 0. The molecule has 0 fully saturated rings. The predicted octanol–water partition coefficient (Wildman–Crippen LogP) is 6.05. The number of benzene rings is 3. The second-order valence-electron chi connectivity index (χ2n) is 9.28. The Balaban J connectivity index is 1.68. The van der Waals surface area contributed by atoms with Crippen molar-refractivity contribution in [3.8, 4) is 0 Å². The van der Waals surface area contributed by atoms with E-state index in [4.69, 9.17) is 9.73 Å². The molecule has 0 saturated carbocycles. The number of hydrogen-bond donors (Lipinski definition) is 1. The van der Waals surface area contributed by atoms with Gasteiger partial charge in [-0.3, -0.25) is 0 Å².